The lowest BCUT2D eigenvalue weighted by molar-refractivity contribution is -0.119. The van der Waals surface area contributed by atoms with Crippen molar-refractivity contribution in [3.63, 3.8) is 0 Å². The molecule has 8 nitrogen and oxygen atoms in total. The van der Waals surface area contributed by atoms with E-state index in [4.69, 9.17) is 0 Å². The summed E-state index contributed by atoms with van der Waals surface area (Å²) in [7, 11) is -3.85. The maximum Gasteiger partial charge on any atom is 0.244 e. The molecular weight excluding hydrogens is 452 g/mol. The second-order valence-electron chi connectivity index (χ2n) is 9.17. The van der Waals surface area contributed by atoms with E-state index in [-0.39, 0.29) is 16.8 Å². The summed E-state index contributed by atoms with van der Waals surface area (Å²) in [5.41, 5.74) is 3.29. The number of para-hydroxylation sites is 2. The zero-order valence-corrected chi connectivity index (χ0v) is 20.7. The molecule has 4 rings (SSSR count). The highest BCUT2D eigenvalue weighted by atomic mass is 32.2. The molecule has 2 aromatic carbocycles. The molecule has 2 aliphatic heterocycles. The summed E-state index contributed by atoms with van der Waals surface area (Å²) in [6.45, 7) is 6.61. The fourth-order valence-corrected chi connectivity index (χ4v) is 7.10. The SMILES string of the molecule is Cc1cc(C)c(S(=O)(=O)N2CCC[C@H]2C(=O)Nc2ccccc2NC(=O)[C@@H]2CCCN2)c(C)c1. The van der Waals surface area contributed by atoms with Gasteiger partial charge in [0.2, 0.25) is 21.8 Å². The molecule has 2 fully saturated rings. The van der Waals surface area contributed by atoms with Crippen molar-refractivity contribution in [3.05, 3.63) is 53.1 Å². The summed E-state index contributed by atoms with van der Waals surface area (Å²) in [5, 5.41) is 8.91. The van der Waals surface area contributed by atoms with Gasteiger partial charge in [0.25, 0.3) is 0 Å². The normalized spacial score (nSPS) is 20.9. The molecule has 0 spiro atoms. The molecule has 0 unspecified atom stereocenters. The van der Waals surface area contributed by atoms with Crippen LogP contribution in [0.5, 0.6) is 0 Å². The van der Waals surface area contributed by atoms with Crippen molar-refractivity contribution in [3.8, 4) is 0 Å². The number of nitrogens with zero attached hydrogens (tertiary/aromatic N) is 1. The topological polar surface area (TPSA) is 108 Å². The van der Waals surface area contributed by atoms with Gasteiger partial charge in [-0.3, -0.25) is 9.59 Å². The molecule has 0 saturated carbocycles. The molecule has 2 heterocycles. The quantitative estimate of drug-likeness (QED) is 0.584. The van der Waals surface area contributed by atoms with Crippen molar-refractivity contribution < 1.29 is 18.0 Å². The Morgan fingerprint density at radius 1 is 0.941 bits per heavy atom. The number of nitrogens with one attached hydrogen (secondary N) is 3. The van der Waals surface area contributed by atoms with Crippen LogP contribution in [0.1, 0.15) is 42.4 Å². The van der Waals surface area contributed by atoms with Crippen LogP contribution >= 0.6 is 0 Å². The van der Waals surface area contributed by atoms with E-state index in [0.29, 0.717) is 41.9 Å². The smallest absolute Gasteiger partial charge is 0.244 e. The summed E-state index contributed by atoms with van der Waals surface area (Å²) in [4.78, 5) is 26.1. The summed E-state index contributed by atoms with van der Waals surface area (Å²) < 4.78 is 28.5. The highest BCUT2D eigenvalue weighted by Gasteiger charge is 2.40. The first-order chi connectivity index (χ1) is 16.2. The molecule has 182 valence electrons. The van der Waals surface area contributed by atoms with Gasteiger partial charge in [0.1, 0.15) is 6.04 Å². The van der Waals surface area contributed by atoms with E-state index in [1.807, 2.05) is 19.1 Å². The first-order valence-electron chi connectivity index (χ1n) is 11.7. The van der Waals surface area contributed by atoms with Crippen LogP contribution < -0.4 is 16.0 Å². The van der Waals surface area contributed by atoms with Gasteiger partial charge >= 0.3 is 0 Å². The maximum absolute atomic E-state index is 13.6. The molecule has 34 heavy (non-hydrogen) atoms. The predicted molar refractivity (Wildman–Crippen MR) is 132 cm³/mol. The molecule has 3 N–H and O–H groups in total. The van der Waals surface area contributed by atoms with Gasteiger partial charge < -0.3 is 16.0 Å². The van der Waals surface area contributed by atoms with Crippen LogP contribution in [0.2, 0.25) is 0 Å². The van der Waals surface area contributed by atoms with Crippen molar-refractivity contribution in [1.82, 2.24) is 9.62 Å². The van der Waals surface area contributed by atoms with Gasteiger partial charge in [-0.1, -0.05) is 29.8 Å². The lowest BCUT2D eigenvalue weighted by Crippen LogP contribution is -2.43. The van der Waals surface area contributed by atoms with Gasteiger partial charge in [-0.2, -0.15) is 4.31 Å². The third-order valence-corrected chi connectivity index (χ3v) is 8.71. The molecule has 0 bridgehead atoms. The van der Waals surface area contributed by atoms with Gasteiger partial charge in [-0.15, -0.1) is 0 Å². The fourth-order valence-electron chi connectivity index (χ4n) is 5.03. The van der Waals surface area contributed by atoms with Gasteiger partial charge in [0, 0.05) is 6.54 Å². The fraction of sp³-hybridized carbons (Fsp3) is 0.440. The lowest BCUT2D eigenvalue weighted by Gasteiger charge is -2.25. The summed E-state index contributed by atoms with van der Waals surface area (Å²) >= 11 is 0. The molecular formula is C25H32N4O4S. The highest BCUT2D eigenvalue weighted by molar-refractivity contribution is 7.89. The Bertz CT molecular complexity index is 1180. The van der Waals surface area contributed by atoms with Crippen molar-refractivity contribution in [2.75, 3.05) is 23.7 Å². The molecule has 0 aromatic heterocycles. The van der Waals surface area contributed by atoms with Crippen molar-refractivity contribution >= 4 is 33.2 Å². The van der Waals surface area contributed by atoms with E-state index in [2.05, 4.69) is 16.0 Å². The van der Waals surface area contributed by atoms with Crippen molar-refractivity contribution in [1.29, 1.82) is 0 Å². The van der Waals surface area contributed by atoms with Gasteiger partial charge in [-0.25, -0.2) is 8.42 Å². The zero-order chi connectivity index (χ0) is 24.5. The monoisotopic (exact) mass is 484 g/mol. The van der Waals surface area contributed by atoms with Crippen LogP contribution in [0.4, 0.5) is 11.4 Å². The summed E-state index contributed by atoms with van der Waals surface area (Å²) in [5.74, 6) is -0.543. The molecule has 2 aromatic rings. The number of aryl methyl sites for hydroxylation is 3. The third-order valence-electron chi connectivity index (χ3n) is 6.50. The van der Waals surface area contributed by atoms with E-state index in [9.17, 15) is 18.0 Å². The Labute approximate surface area is 201 Å². The Balaban J connectivity index is 1.54. The van der Waals surface area contributed by atoms with Crippen LogP contribution in [0.25, 0.3) is 0 Å². The Morgan fingerprint density at radius 3 is 2.15 bits per heavy atom. The molecule has 2 atom stereocenters. The first-order valence-corrected chi connectivity index (χ1v) is 13.2. The van der Waals surface area contributed by atoms with E-state index < -0.39 is 22.0 Å². The van der Waals surface area contributed by atoms with Crippen molar-refractivity contribution in [2.45, 2.75) is 63.4 Å². The average molecular weight is 485 g/mol. The van der Waals surface area contributed by atoms with Crippen LogP contribution in [0.15, 0.2) is 41.3 Å². The highest BCUT2D eigenvalue weighted by Crippen LogP contribution is 2.32. The Morgan fingerprint density at radius 2 is 1.56 bits per heavy atom. The second-order valence-corrected chi connectivity index (χ2v) is 11.0. The van der Waals surface area contributed by atoms with Crippen LogP contribution in [-0.2, 0) is 19.6 Å². The minimum absolute atomic E-state index is 0.144. The number of hydrogen-bond donors (Lipinski definition) is 3. The van der Waals surface area contributed by atoms with Gasteiger partial charge in [0.05, 0.1) is 22.3 Å². The van der Waals surface area contributed by atoms with Gasteiger partial charge in [0.15, 0.2) is 0 Å². The van der Waals surface area contributed by atoms with E-state index in [1.54, 1.807) is 38.1 Å². The maximum atomic E-state index is 13.6. The standard InChI is InChI=1S/C25H32N4O4S/c1-16-14-17(2)23(18(3)15-16)34(32,33)29-13-7-11-22(29)25(31)28-20-9-5-4-8-19(20)27-24(30)21-10-6-12-26-21/h4-5,8-9,14-15,21-22,26H,6-7,10-13H2,1-3H3,(H,27,30)(H,28,31)/t21-,22-/m0/s1. The second kappa shape index (κ2) is 9.85. The lowest BCUT2D eigenvalue weighted by atomic mass is 10.1. The molecule has 0 aliphatic carbocycles. The Hall–Kier alpha value is -2.75. The number of sulfonamides is 1. The number of anilines is 2. The number of carbonyl (C=O) groups is 2. The summed E-state index contributed by atoms with van der Waals surface area (Å²) in [6, 6.07) is 9.61. The summed E-state index contributed by atoms with van der Waals surface area (Å²) in [6.07, 6.45) is 2.76. The molecule has 9 heteroatoms. The van der Waals surface area contributed by atoms with E-state index >= 15 is 0 Å². The first kappa shape index (κ1) is 24.4. The predicted octanol–water partition coefficient (Wildman–Crippen LogP) is 3.09. The Kier molecular flexibility index (Phi) is 7.06. The minimum atomic E-state index is -3.85. The number of carbonyl (C=O) groups excluding carboxylic acids is 2. The number of rotatable bonds is 6. The number of benzene rings is 2. The molecule has 2 aliphatic rings. The number of hydrogen-bond acceptors (Lipinski definition) is 5. The average Bonchev–Trinajstić information content (AvgIpc) is 3.47. The van der Waals surface area contributed by atoms with Crippen LogP contribution in [-0.4, -0.2) is 49.7 Å². The number of amides is 2. The van der Waals surface area contributed by atoms with E-state index in [0.717, 1.165) is 24.9 Å². The van der Waals surface area contributed by atoms with Gasteiger partial charge in [-0.05, 0) is 76.3 Å². The zero-order valence-electron chi connectivity index (χ0n) is 19.8. The molecule has 2 saturated heterocycles. The largest absolute Gasteiger partial charge is 0.323 e. The van der Waals surface area contributed by atoms with Crippen LogP contribution in [0, 0.1) is 20.8 Å². The minimum Gasteiger partial charge on any atom is -0.323 e. The van der Waals surface area contributed by atoms with Crippen molar-refractivity contribution in [2.24, 2.45) is 0 Å². The van der Waals surface area contributed by atoms with Crippen LogP contribution in [0.3, 0.4) is 0 Å². The van der Waals surface area contributed by atoms with E-state index in [1.165, 1.54) is 4.31 Å². The molecule has 0 radical (unpaired) electrons. The molecule has 2 amide bonds. The third kappa shape index (κ3) is 4.87.